The normalized spacial score (nSPS) is 26.6. The van der Waals surface area contributed by atoms with Gasteiger partial charge in [0.1, 0.15) is 42.2 Å². The Morgan fingerprint density at radius 1 is 0.860 bits per heavy atom. The van der Waals surface area contributed by atoms with Gasteiger partial charge in [0.05, 0.1) is 12.7 Å². The molecule has 0 bridgehead atoms. The first-order valence-corrected chi connectivity index (χ1v) is 15.3. The average Bonchev–Trinajstić information content (AvgIpc) is 3.05. The van der Waals surface area contributed by atoms with Gasteiger partial charge in [-0.15, -0.1) is 0 Å². The summed E-state index contributed by atoms with van der Waals surface area (Å²) < 4.78 is 34.5. The third-order valence-electron chi connectivity index (χ3n) is 8.25. The number of rotatable bonds is 10. The Labute approximate surface area is 253 Å². The van der Waals surface area contributed by atoms with Crippen molar-refractivity contribution >= 4 is 11.8 Å². The van der Waals surface area contributed by atoms with E-state index in [1.165, 1.54) is 26.4 Å². The molecule has 3 fully saturated rings. The van der Waals surface area contributed by atoms with Gasteiger partial charge in [-0.25, -0.2) is 4.79 Å². The molecule has 2 heterocycles. The summed E-state index contributed by atoms with van der Waals surface area (Å²) in [6, 6.07) is 14.9. The summed E-state index contributed by atoms with van der Waals surface area (Å²) in [4.78, 5) is 15.9. The molecule has 0 spiro atoms. The fraction of sp³-hybridized carbons (Fsp3) is 0.594. The standard InChI is InChI=1S/C32H44N2O9/c1-3-39-32(37)34-19-17-33(18-20-34)22-9-11-23(12-10-22)40-21-27-28(35)29(36)30(31(38-2)43-27)42-26-15-13-25(14-16-26)41-24-7-5-4-6-8-24/h9-16,24,27-31,35-36H,3-8,17-21H2,1-2H3/t27-,28-,29+,30-,31+/m1/s1. The van der Waals surface area contributed by atoms with Crippen LogP contribution in [-0.2, 0) is 14.2 Å². The van der Waals surface area contributed by atoms with E-state index in [2.05, 4.69) is 4.90 Å². The molecule has 2 saturated heterocycles. The van der Waals surface area contributed by atoms with E-state index in [9.17, 15) is 15.0 Å². The number of hydrogen-bond donors (Lipinski definition) is 2. The van der Waals surface area contributed by atoms with Crippen molar-refractivity contribution in [1.29, 1.82) is 0 Å². The molecule has 5 rings (SSSR count). The van der Waals surface area contributed by atoms with Crippen LogP contribution in [0.3, 0.4) is 0 Å². The number of carbonyl (C=O) groups excluding carboxylic acids is 1. The van der Waals surface area contributed by atoms with Crippen LogP contribution in [0.25, 0.3) is 0 Å². The maximum absolute atomic E-state index is 11.9. The molecule has 2 N–H and O–H groups in total. The van der Waals surface area contributed by atoms with Crippen molar-refractivity contribution in [3.8, 4) is 17.2 Å². The van der Waals surface area contributed by atoms with E-state index in [-0.39, 0.29) is 18.8 Å². The molecule has 236 valence electrons. The number of ether oxygens (including phenoxy) is 6. The lowest BCUT2D eigenvalue weighted by Crippen LogP contribution is -2.61. The van der Waals surface area contributed by atoms with Gasteiger partial charge in [0.2, 0.25) is 0 Å². The number of aliphatic hydroxyl groups excluding tert-OH is 2. The highest BCUT2D eigenvalue weighted by Gasteiger charge is 2.46. The number of benzene rings is 2. The van der Waals surface area contributed by atoms with Gasteiger partial charge in [0.25, 0.3) is 0 Å². The van der Waals surface area contributed by atoms with Crippen molar-refractivity contribution in [3.63, 3.8) is 0 Å². The molecule has 0 radical (unpaired) electrons. The molecular formula is C32H44N2O9. The summed E-state index contributed by atoms with van der Waals surface area (Å²) in [5.74, 6) is 1.89. The fourth-order valence-electron chi connectivity index (χ4n) is 5.78. The van der Waals surface area contributed by atoms with E-state index in [1.54, 1.807) is 24.0 Å². The minimum atomic E-state index is -1.26. The second-order valence-electron chi connectivity index (χ2n) is 11.2. The second kappa shape index (κ2) is 15.0. The number of carbonyl (C=O) groups is 1. The summed E-state index contributed by atoms with van der Waals surface area (Å²) >= 11 is 0. The topological polar surface area (TPSA) is 119 Å². The van der Waals surface area contributed by atoms with Gasteiger partial charge < -0.3 is 48.4 Å². The molecule has 3 aliphatic rings. The van der Waals surface area contributed by atoms with Crippen molar-refractivity contribution in [3.05, 3.63) is 48.5 Å². The molecule has 2 aromatic carbocycles. The summed E-state index contributed by atoms with van der Waals surface area (Å²) in [6.07, 6.45) is 0.589. The molecule has 1 saturated carbocycles. The van der Waals surface area contributed by atoms with Gasteiger partial charge in [0, 0.05) is 39.0 Å². The molecule has 11 heteroatoms. The lowest BCUT2D eigenvalue weighted by molar-refractivity contribution is -0.287. The maximum atomic E-state index is 11.9. The van der Waals surface area contributed by atoms with Crippen molar-refractivity contribution in [1.82, 2.24) is 4.90 Å². The van der Waals surface area contributed by atoms with Gasteiger partial charge in [-0.2, -0.15) is 0 Å². The zero-order chi connectivity index (χ0) is 30.2. The molecule has 0 unspecified atom stereocenters. The van der Waals surface area contributed by atoms with Gasteiger partial charge in [-0.1, -0.05) is 6.42 Å². The number of amides is 1. The number of methoxy groups -OCH3 is 1. The quantitative estimate of drug-likeness (QED) is 0.419. The highest BCUT2D eigenvalue weighted by molar-refractivity contribution is 5.68. The van der Waals surface area contributed by atoms with Gasteiger partial charge >= 0.3 is 6.09 Å². The predicted octanol–water partition coefficient (Wildman–Crippen LogP) is 3.60. The average molecular weight is 601 g/mol. The summed E-state index contributed by atoms with van der Waals surface area (Å²) in [6.45, 7) is 4.79. The van der Waals surface area contributed by atoms with Crippen molar-refractivity contribution in [2.75, 3.05) is 51.4 Å². The highest BCUT2D eigenvalue weighted by Crippen LogP contribution is 2.30. The van der Waals surface area contributed by atoms with E-state index in [1.807, 2.05) is 36.4 Å². The monoisotopic (exact) mass is 600 g/mol. The maximum Gasteiger partial charge on any atom is 0.409 e. The molecule has 5 atom stereocenters. The molecule has 43 heavy (non-hydrogen) atoms. The van der Waals surface area contributed by atoms with Crippen LogP contribution in [0.4, 0.5) is 10.5 Å². The smallest absolute Gasteiger partial charge is 0.409 e. The van der Waals surface area contributed by atoms with E-state index < -0.39 is 30.7 Å². The first-order chi connectivity index (χ1) is 20.9. The first kappa shape index (κ1) is 31.2. The van der Waals surface area contributed by atoms with Crippen LogP contribution in [0.1, 0.15) is 39.0 Å². The number of aliphatic hydroxyl groups is 2. The highest BCUT2D eigenvalue weighted by atomic mass is 16.7. The molecule has 1 amide bonds. The van der Waals surface area contributed by atoms with Crippen molar-refractivity contribution in [2.45, 2.75) is 75.8 Å². The van der Waals surface area contributed by atoms with E-state index >= 15 is 0 Å². The zero-order valence-electron chi connectivity index (χ0n) is 25.0. The van der Waals surface area contributed by atoms with Crippen LogP contribution >= 0.6 is 0 Å². The third kappa shape index (κ3) is 8.03. The van der Waals surface area contributed by atoms with Crippen LogP contribution in [-0.4, -0.2) is 105 Å². The van der Waals surface area contributed by atoms with Crippen LogP contribution in [0.2, 0.25) is 0 Å². The SMILES string of the molecule is CCOC(=O)N1CCN(c2ccc(OC[C@H]3O[C@H](OC)[C@H](Oc4ccc(OC5CCCCC5)cc4)[C@@H](O)[C@@H]3O)cc2)CC1. The number of piperazine rings is 1. The van der Waals surface area contributed by atoms with Crippen LogP contribution in [0.5, 0.6) is 17.2 Å². The molecule has 11 nitrogen and oxygen atoms in total. The number of nitrogens with zero attached hydrogens (tertiary/aromatic N) is 2. The van der Waals surface area contributed by atoms with Gasteiger partial charge in [0.15, 0.2) is 12.4 Å². The Morgan fingerprint density at radius 2 is 1.49 bits per heavy atom. The Morgan fingerprint density at radius 3 is 2.12 bits per heavy atom. The van der Waals surface area contributed by atoms with Gasteiger partial charge in [-0.05, 0) is 81.1 Å². The lowest BCUT2D eigenvalue weighted by Gasteiger charge is -2.41. The minimum absolute atomic E-state index is 0.00949. The number of hydrogen-bond acceptors (Lipinski definition) is 10. The van der Waals surface area contributed by atoms with Crippen LogP contribution in [0.15, 0.2) is 48.5 Å². The molecule has 1 aliphatic carbocycles. The number of anilines is 1. The van der Waals surface area contributed by atoms with Gasteiger partial charge in [-0.3, -0.25) is 0 Å². The Bertz CT molecular complexity index is 1130. The fourth-order valence-corrected chi connectivity index (χ4v) is 5.78. The lowest BCUT2D eigenvalue weighted by atomic mass is 9.98. The Balaban J connectivity index is 1.10. The van der Waals surface area contributed by atoms with Crippen molar-refractivity contribution in [2.24, 2.45) is 0 Å². The zero-order valence-corrected chi connectivity index (χ0v) is 25.0. The molecule has 2 aromatic rings. The molecule has 2 aliphatic heterocycles. The Hall–Kier alpha value is -3.25. The predicted molar refractivity (Wildman–Crippen MR) is 159 cm³/mol. The van der Waals surface area contributed by atoms with E-state index in [0.29, 0.717) is 44.3 Å². The minimum Gasteiger partial charge on any atom is -0.491 e. The Kier molecular flexibility index (Phi) is 10.9. The van der Waals surface area contributed by atoms with E-state index in [0.717, 1.165) is 24.3 Å². The summed E-state index contributed by atoms with van der Waals surface area (Å²) in [5.41, 5.74) is 1.02. The second-order valence-corrected chi connectivity index (χ2v) is 11.2. The molecular weight excluding hydrogens is 556 g/mol. The molecule has 0 aromatic heterocycles. The van der Waals surface area contributed by atoms with Crippen molar-refractivity contribution < 1.29 is 43.4 Å². The van der Waals surface area contributed by atoms with E-state index in [4.69, 9.17) is 28.4 Å². The first-order valence-electron chi connectivity index (χ1n) is 15.3. The largest absolute Gasteiger partial charge is 0.491 e. The summed E-state index contributed by atoms with van der Waals surface area (Å²) in [5, 5.41) is 21.8. The van der Waals surface area contributed by atoms with Crippen LogP contribution < -0.4 is 19.1 Å². The third-order valence-corrected chi connectivity index (χ3v) is 8.25. The van der Waals surface area contributed by atoms with Crippen LogP contribution in [0, 0.1) is 0 Å². The summed E-state index contributed by atoms with van der Waals surface area (Å²) in [7, 11) is 1.47.